The molecule has 0 amide bonds. The summed E-state index contributed by atoms with van der Waals surface area (Å²) in [5, 5.41) is 4.16. The summed E-state index contributed by atoms with van der Waals surface area (Å²) < 4.78 is 5.78. The molecule has 1 atom stereocenters. The molecular formula is C15H22ClNO. The van der Waals surface area contributed by atoms with Crippen molar-refractivity contribution in [3.63, 3.8) is 0 Å². The van der Waals surface area contributed by atoms with E-state index in [9.17, 15) is 0 Å². The number of aryl methyl sites for hydroxylation is 1. The zero-order chi connectivity index (χ0) is 12.8. The van der Waals surface area contributed by atoms with Crippen LogP contribution in [0.1, 0.15) is 31.7 Å². The molecule has 100 valence electrons. The summed E-state index contributed by atoms with van der Waals surface area (Å²) in [6.07, 6.45) is 4.72. The first-order valence-corrected chi connectivity index (χ1v) is 7.29. The molecule has 0 bridgehead atoms. The van der Waals surface area contributed by atoms with Gasteiger partial charge in [-0.2, -0.15) is 0 Å². The van der Waals surface area contributed by atoms with Crippen molar-refractivity contribution in [3.8, 4) is 5.75 Å². The van der Waals surface area contributed by atoms with Gasteiger partial charge < -0.3 is 10.1 Å². The molecule has 1 aliphatic rings. The van der Waals surface area contributed by atoms with Crippen LogP contribution in [0.25, 0.3) is 0 Å². The van der Waals surface area contributed by atoms with E-state index in [4.69, 9.17) is 16.3 Å². The lowest BCUT2D eigenvalue weighted by atomic mass is 9.97. The Morgan fingerprint density at radius 3 is 3.00 bits per heavy atom. The fourth-order valence-corrected chi connectivity index (χ4v) is 2.64. The number of piperidine rings is 1. The smallest absolute Gasteiger partial charge is 0.137 e. The third kappa shape index (κ3) is 3.89. The molecule has 0 aromatic heterocycles. The molecule has 2 rings (SSSR count). The van der Waals surface area contributed by atoms with E-state index in [0.29, 0.717) is 0 Å². The summed E-state index contributed by atoms with van der Waals surface area (Å²) in [4.78, 5) is 0. The minimum absolute atomic E-state index is 0.733. The van der Waals surface area contributed by atoms with Crippen LogP contribution in [-0.2, 0) is 6.42 Å². The maximum absolute atomic E-state index is 6.19. The highest BCUT2D eigenvalue weighted by Gasteiger charge is 2.13. The molecule has 1 fully saturated rings. The molecule has 0 radical (unpaired) electrons. The van der Waals surface area contributed by atoms with Gasteiger partial charge in [-0.05, 0) is 62.4 Å². The van der Waals surface area contributed by atoms with E-state index >= 15 is 0 Å². The van der Waals surface area contributed by atoms with Gasteiger partial charge in [0.15, 0.2) is 0 Å². The summed E-state index contributed by atoms with van der Waals surface area (Å²) in [6, 6.07) is 6.07. The number of hydrogen-bond donors (Lipinski definition) is 1. The van der Waals surface area contributed by atoms with Crippen molar-refractivity contribution in [2.24, 2.45) is 5.92 Å². The first-order valence-electron chi connectivity index (χ1n) is 6.91. The van der Waals surface area contributed by atoms with E-state index < -0.39 is 0 Å². The summed E-state index contributed by atoms with van der Waals surface area (Å²) in [5.41, 5.74) is 1.25. The van der Waals surface area contributed by atoms with Gasteiger partial charge in [-0.15, -0.1) is 0 Å². The molecule has 1 N–H and O–H groups in total. The largest absolute Gasteiger partial charge is 0.492 e. The Hall–Kier alpha value is -0.730. The summed E-state index contributed by atoms with van der Waals surface area (Å²) in [6.45, 7) is 5.19. The normalized spacial score (nSPS) is 19.8. The lowest BCUT2D eigenvalue weighted by Crippen LogP contribution is -2.30. The second-order valence-electron chi connectivity index (χ2n) is 4.97. The van der Waals surface area contributed by atoms with Crippen molar-refractivity contribution in [3.05, 3.63) is 28.8 Å². The molecule has 0 aliphatic carbocycles. The Morgan fingerprint density at radius 2 is 2.33 bits per heavy atom. The average molecular weight is 268 g/mol. The van der Waals surface area contributed by atoms with Gasteiger partial charge in [-0.1, -0.05) is 24.6 Å². The van der Waals surface area contributed by atoms with Crippen LogP contribution in [0.15, 0.2) is 18.2 Å². The number of hydrogen-bond acceptors (Lipinski definition) is 2. The molecule has 1 aromatic rings. The fraction of sp³-hybridized carbons (Fsp3) is 0.600. The minimum atomic E-state index is 0.733. The van der Waals surface area contributed by atoms with Crippen molar-refractivity contribution in [1.29, 1.82) is 0 Å². The van der Waals surface area contributed by atoms with Crippen LogP contribution in [-0.4, -0.2) is 19.7 Å². The van der Waals surface area contributed by atoms with E-state index in [-0.39, 0.29) is 0 Å². The van der Waals surface area contributed by atoms with Crippen LogP contribution in [0.4, 0.5) is 0 Å². The number of rotatable bonds is 5. The summed E-state index contributed by atoms with van der Waals surface area (Å²) in [7, 11) is 0. The maximum atomic E-state index is 6.19. The van der Waals surface area contributed by atoms with Gasteiger partial charge in [0.2, 0.25) is 0 Å². The van der Waals surface area contributed by atoms with Crippen molar-refractivity contribution in [2.45, 2.75) is 32.6 Å². The van der Waals surface area contributed by atoms with Gasteiger partial charge in [-0.3, -0.25) is 0 Å². The first-order chi connectivity index (χ1) is 8.79. The molecule has 1 saturated heterocycles. The van der Waals surface area contributed by atoms with E-state index in [2.05, 4.69) is 18.3 Å². The van der Waals surface area contributed by atoms with Gasteiger partial charge in [0, 0.05) is 0 Å². The average Bonchev–Trinajstić information content (AvgIpc) is 2.42. The predicted octanol–water partition coefficient (Wildman–Crippen LogP) is 3.67. The highest BCUT2D eigenvalue weighted by atomic mass is 35.5. The van der Waals surface area contributed by atoms with Crippen LogP contribution in [0.2, 0.25) is 5.02 Å². The van der Waals surface area contributed by atoms with Crippen LogP contribution in [0, 0.1) is 5.92 Å². The second kappa shape index (κ2) is 7.01. The van der Waals surface area contributed by atoms with Gasteiger partial charge in [0.25, 0.3) is 0 Å². The number of benzene rings is 1. The Kier molecular flexibility index (Phi) is 5.33. The van der Waals surface area contributed by atoms with Crippen molar-refractivity contribution < 1.29 is 4.74 Å². The summed E-state index contributed by atoms with van der Waals surface area (Å²) >= 11 is 6.19. The number of nitrogens with one attached hydrogen (secondary N) is 1. The van der Waals surface area contributed by atoms with Gasteiger partial charge in [0.05, 0.1) is 11.6 Å². The van der Waals surface area contributed by atoms with Crippen LogP contribution < -0.4 is 10.1 Å². The molecule has 1 aromatic carbocycles. The quantitative estimate of drug-likeness (QED) is 0.879. The van der Waals surface area contributed by atoms with E-state index in [1.165, 1.54) is 24.9 Å². The lowest BCUT2D eigenvalue weighted by Gasteiger charge is -2.22. The Balaban J connectivity index is 1.79. The van der Waals surface area contributed by atoms with Gasteiger partial charge in [0.1, 0.15) is 5.75 Å². The van der Waals surface area contributed by atoms with E-state index in [1.807, 2.05) is 12.1 Å². The first kappa shape index (κ1) is 13.7. The molecule has 0 saturated carbocycles. The molecule has 0 spiro atoms. The van der Waals surface area contributed by atoms with E-state index in [1.54, 1.807) is 0 Å². The Bertz CT molecular complexity index is 375. The SMILES string of the molecule is CCc1ccc(OCC[C@H]2CCCNC2)c(Cl)c1. The van der Waals surface area contributed by atoms with Crippen molar-refractivity contribution in [1.82, 2.24) is 5.32 Å². The molecule has 0 unspecified atom stereocenters. The zero-order valence-electron chi connectivity index (χ0n) is 11.0. The standard InChI is InChI=1S/C15H22ClNO/c1-2-12-5-6-15(14(16)10-12)18-9-7-13-4-3-8-17-11-13/h5-6,10,13,17H,2-4,7-9,11H2,1H3/t13-/m1/s1. The van der Waals surface area contributed by atoms with Crippen molar-refractivity contribution in [2.75, 3.05) is 19.7 Å². The molecule has 2 nitrogen and oxygen atoms in total. The third-order valence-electron chi connectivity index (χ3n) is 3.59. The minimum Gasteiger partial charge on any atom is -0.492 e. The highest BCUT2D eigenvalue weighted by Crippen LogP contribution is 2.26. The fourth-order valence-electron chi connectivity index (χ4n) is 2.39. The number of ether oxygens (including phenoxy) is 1. The van der Waals surface area contributed by atoms with Crippen molar-refractivity contribution >= 4 is 11.6 Å². The van der Waals surface area contributed by atoms with E-state index in [0.717, 1.165) is 42.7 Å². The topological polar surface area (TPSA) is 21.3 Å². The van der Waals surface area contributed by atoms with Gasteiger partial charge >= 0.3 is 0 Å². The third-order valence-corrected chi connectivity index (χ3v) is 3.88. The van der Waals surface area contributed by atoms with Crippen LogP contribution in [0.3, 0.4) is 0 Å². The molecule has 1 heterocycles. The zero-order valence-corrected chi connectivity index (χ0v) is 11.8. The second-order valence-corrected chi connectivity index (χ2v) is 5.38. The van der Waals surface area contributed by atoms with Gasteiger partial charge in [-0.25, -0.2) is 0 Å². The molecular weight excluding hydrogens is 246 g/mol. The number of halogens is 1. The lowest BCUT2D eigenvalue weighted by molar-refractivity contribution is 0.254. The van der Waals surface area contributed by atoms with Crippen LogP contribution >= 0.6 is 11.6 Å². The molecule has 1 aliphatic heterocycles. The monoisotopic (exact) mass is 267 g/mol. The summed E-state index contributed by atoms with van der Waals surface area (Å²) in [5.74, 6) is 1.57. The Labute approximate surface area is 115 Å². The highest BCUT2D eigenvalue weighted by molar-refractivity contribution is 6.32. The molecule has 3 heteroatoms. The maximum Gasteiger partial charge on any atom is 0.137 e. The van der Waals surface area contributed by atoms with Crippen LogP contribution in [0.5, 0.6) is 5.75 Å². The predicted molar refractivity (Wildman–Crippen MR) is 76.5 cm³/mol. The Morgan fingerprint density at radius 1 is 1.44 bits per heavy atom. The molecule has 18 heavy (non-hydrogen) atoms.